The first-order chi connectivity index (χ1) is 12.9. The molecule has 0 bridgehead atoms. The molecule has 1 saturated heterocycles. The van der Waals surface area contributed by atoms with E-state index in [1.165, 1.54) is 0 Å². The van der Waals surface area contributed by atoms with Gasteiger partial charge in [0.15, 0.2) is 11.5 Å². The van der Waals surface area contributed by atoms with E-state index < -0.39 is 6.10 Å². The van der Waals surface area contributed by atoms with Crippen molar-refractivity contribution in [1.82, 2.24) is 9.80 Å². The van der Waals surface area contributed by atoms with Gasteiger partial charge in [-0.25, -0.2) is 0 Å². The van der Waals surface area contributed by atoms with E-state index in [0.717, 1.165) is 38.0 Å². The number of nitriles is 1. The highest BCUT2D eigenvalue weighted by molar-refractivity contribution is 5.43. The maximum atomic E-state index is 10.4. The molecular weight excluding hydrogens is 342 g/mol. The first-order valence-electron chi connectivity index (χ1n) is 9.73. The Balaban J connectivity index is 1.88. The van der Waals surface area contributed by atoms with E-state index >= 15 is 0 Å². The number of hydrogen-bond donors (Lipinski definition) is 1. The van der Waals surface area contributed by atoms with Gasteiger partial charge in [-0.15, -0.1) is 0 Å². The zero-order chi connectivity index (χ0) is 19.8. The van der Waals surface area contributed by atoms with E-state index in [4.69, 9.17) is 14.7 Å². The molecule has 150 valence electrons. The summed E-state index contributed by atoms with van der Waals surface area (Å²) in [6.07, 6.45) is 1.18. The summed E-state index contributed by atoms with van der Waals surface area (Å²) < 4.78 is 11.3. The molecule has 6 nitrogen and oxygen atoms in total. The van der Waals surface area contributed by atoms with E-state index in [9.17, 15) is 5.11 Å². The van der Waals surface area contributed by atoms with E-state index in [1.807, 2.05) is 18.2 Å². The predicted molar refractivity (Wildman–Crippen MR) is 106 cm³/mol. The van der Waals surface area contributed by atoms with Crippen LogP contribution in [0.2, 0.25) is 0 Å². The fourth-order valence-corrected chi connectivity index (χ4v) is 3.18. The number of aliphatic hydroxyl groups excluding tert-OH is 1. The smallest absolute Gasteiger partial charge is 0.161 e. The van der Waals surface area contributed by atoms with Crippen molar-refractivity contribution in [3.05, 3.63) is 23.8 Å². The van der Waals surface area contributed by atoms with E-state index in [1.54, 1.807) is 7.11 Å². The van der Waals surface area contributed by atoms with Gasteiger partial charge in [0.25, 0.3) is 0 Å². The summed E-state index contributed by atoms with van der Waals surface area (Å²) in [5.41, 5.74) is 1.15. The van der Waals surface area contributed by atoms with Gasteiger partial charge < -0.3 is 19.5 Å². The van der Waals surface area contributed by atoms with E-state index in [2.05, 4.69) is 36.8 Å². The highest BCUT2D eigenvalue weighted by Crippen LogP contribution is 2.29. The van der Waals surface area contributed by atoms with Crippen LogP contribution in [0, 0.1) is 17.2 Å². The van der Waals surface area contributed by atoms with Crippen LogP contribution in [0.5, 0.6) is 11.5 Å². The number of piperidine rings is 1. The molecule has 1 aliphatic rings. The molecule has 1 fully saturated rings. The number of likely N-dealkylation sites (tertiary alicyclic amines) is 1. The van der Waals surface area contributed by atoms with Gasteiger partial charge in [0.1, 0.15) is 12.7 Å². The molecule has 1 unspecified atom stereocenters. The van der Waals surface area contributed by atoms with E-state index in [0.29, 0.717) is 24.1 Å². The van der Waals surface area contributed by atoms with Gasteiger partial charge in [-0.1, -0.05) is 6.07 Å². The minimum atomic E-state index is -0.574. The monoisotopic (exact) mass is 375 g/mol. The Morgan fingerprint density at radius 2 is 2.00 bits per heavy atom. The minimum absolute atomic E-state index is 0.158. The van der Waals surface area contributed by atoms with Crippen LogP contribution in [0.3, 0.4) is 0 Å². The fraction of sp³-hybridized carbons (Fsp3) is 0.667. The Labute approximate surface area is 163 Å². The predicted octanol–water partition coefficient (Wildman–Crippen LogP) is 2.51. The molecule has 0 aromatic heterocycles. The Kier molecular flexibility index (Phi) is 8.36. The molecule has 1 aromatic rings. The quantitative estimate of drug-likeness (QED) is 0.715. The molecule has 1 aliphatic heterocycles. The molecular formula is C21H33N3O3. The minimum Gasteiger partial charge on any atom is -0.493 e. The van der Waals surface area contributed by atoms with Crippen molar-refractivity contribution < 1.29 is 14.6 Å². The fourth-order valence-electron chi connectivity index (χ4n) is 3.18. The average molecular weight is 376 g/mol. The lowest BCUT2D eigenvalue weighted by Gasteiger charge is -2.30. The average Bonchev–Trinajstić information content (AvgIpc) is 2.67. The van der Waals surface area contributed by atoms with Gasteiger partial charge in [0, 0.05) is 25.0 Å². The van der Waals surface area contributed by atoms with Crippen molar-refractivity contribution in [2.75, 3.05) is 40.4 Å². The molecule has 27 heavy (non-hydrogen) atoms. The van der Waals surface area contributed by atoms with Crippen molar-refractivity contribution >= 4 is 0 Å². The van der Waals surface area contributed by atoms with Crippen LogP contribution in [0.1, 0.15) is 32.3 Å². The van der Waals surface area contributed by atoms with Crippen LogP contribution in [0.4, 0.5) is 0 Å². The lowest BCUT2D eigenvalue weighted by molar-refractivity contribution is 0.0574. The van der Waals surface area contributed by atoms with Gasteiger partial charge in [-0.05, 0) is 64.5 Å². The molecule has 0 aliphatic carbocycles. The maximum Gasteiger partial charge on any atom is 0.161 e. The second-order valence-corrected chi connectivity index (χ2v) is 7.66. The largest absolute Gasteiger partial charge is 0.493 e. The highest BCUT2D eigenvalue weighted by atomic mass is 16.5. The molecule has 0 amide bonds. The normalized spacial score (nSPS) is 17.1. The topological polar surface area (TPSA) is 69.0 Å². The van der Waals surface area contributed by atoms with E-state index in [-0.39, 0.29) is 12.5 Å². The number of rotatable bonds is 9. The van der Waals surface area contributed by atoms with Gasteiger partial charge in [-0.2, -0.15) is 5.26 Å². The van der Waals surface area contributed by atoms with Crippen LogP contribution in [0.25, 0.3) is 0 Å². The summed E-state index contributed by atoms with van der Waals surface area (Å²) >= 11 is 0. The van der Waals surface area contributed by atoms with Crippen LogP contribution in [-0.4, -0.2) is 67.5 Å². The van der Waals surface area contributed by atoms with Gasteiger partial charge in [0.05, 0.1) is 13.2 Å². The number of ether oxygens (including phenoxy) is 2. The third-order valence-corrected chi connectivity index (χ3v) is 5.21. The molecule has 0 saturated carbocycles. The van der Waals surface area contributed by atoms with Crippen molar-refractivity contribution in [3.63, 3.8) is 0 Å². The van der Waals surface area contributed by atoms with Gasteiger partial charge in [0.2, 0.25) is 0 Å². The molecule has 2 rings (SSSR count). The number of nitrogens with zero attached hydrogens (tertiary/aromatic N) is 3. The Morgan fingerprint density at radius 3 is 2.59 bits per heavy atom. The summed E-state index contributed by atoms with van der Waals surface area (Å²) in [4.78, 5) is 4.46. The third kappa shape index (κ3) is 6.69. The number of β-amino-alcohol motifs (C(OH)–C–C–N with tert-alkyl or cyclic N) is 1. The molecule has 0 radical (unpaired) electrons. The summed E-state index contributed by atoms with van der Waals surface area (Å²) in [5.74, 6) is 1.49. The second kappa shape index (κ2) is 10.5. The van der Waals surface area contributed by atoms with Crippen molar-refractivity contribution in [1.29, 1.82) is 5.26 Å². The standard InChI is InChI=1S/C21H33N3O3/c1-16(2)23(3)13-18-5-6-20(26-4)21(11-18)27-15-19(25)14-24-9-7-17(12-22)8-10-24/h5-6,11,16-17,19,25H,7-10,13-15H2,1-4H3. The molecule has 1 atom stereocenters. The summed E-state index contributed by atoms with van der Waals surface area (Å²) in [5, 5.41) is 19.3. The number of hydrogen-bond acceptors (Lipinski definition) is 6. The van der Waals surface area contributed by atoms with Crippen LogP contribution in [-0.2, 0) is 6.54 Å². The second-order valence-electron chi connectivity index (χ2n) is 7.66. The highest BCUT2D eigenvalue weighted by Gasteiger charge is 2.21. The first-order valence-corrected chi connectivity index (χ1v) is 9.73. The third-order valence-electron chi connectivity index (χ3n) is 5.21. The van der Waals surface area contributed by atoms with Gasteiger partial charge >= 0.3 is 0 Å². The van der Waals surface area contributed by atoms with Crippen LogP contribution < -0.4 is 9.47 Å². The maximum absolute atomic E-state index is 10.4. The number of methoxy groups -OCH3 is 1. The van der Waals surface area contributed by atoms with Crippen LogP contribution in [0.15, 0.2) is 18.2 Å². The summed E-state index contributed by atoms with van der Waals surface area (Å²) in [7, 11) is 3.71. The van der Waals surface area contributed by atoms with Gasteiger partial charge in [-0.3, -0.25) is 4.90 Å². The summed E-state index contributed by atoms with van der Waals surface area (Å²) in [6, 6.07) is 8.74. The molecule has 1 heterocycles. The Hall–Kier alpha value is -1.81. The van der Waals surface area contributed by atoms with Crippen LogP contribution >= 0.6 is 0 Å². The number of aliphatic hydroxyl groups is 1. The number of benzene rings is 1. The molecule has 0 spiro atoms. The lowest BCUT2D eigenvalue weighted by atomic mass is 9.98. The molecule has 1 aromatic carbocycles. The van der Waals surface area contributed by atoms with Crippen molar-refractivity contribution in [2.24, 2.45) is 5.92 Å². The van der Waals surface area contributed by atoms with Crippen molar-refractivity contribution in [3.8, 4) is 17.6 Å². The first kappa shape index (κ1) is 21.5. The molecule has 6 heteroatoms. The summed E-state index contributed by atoms with van der Waals surface area (Å²) in [6.45, 7) is 7.65. The zero-order valence-corrected chi connectivity index (χ0v) is 17.0. The van der Waals surface area contributed by atoms with Crippen molar-refractivity contribution in [2.45, 2.75) is 45.4 Å². The zero-order valence-electron chi connectivity index (χ0n) is 17.0. The SMILES string of the molecule is COc1ccc(CN(C)C(C)C)cc1OCC(O)CN1CCC(C#N)CC1. The Morgan fingerprint density at radius 1 is 1.30 bits per heavy atom. The lowest BCUT2D eigenvalue weighted by Crippen LogP contribution is -2.40. The Bertz CT molecular complexity index is 622. The molecule has 1 N–H and O–H groups in total.